The van der Waals surface area contributed by atoms with Crippen LogP contribution in [-0.4, -0.2) is 63.0 Å². The van der Waals surface area contributed by atoms with Crippen LogP contribution in [0, 0.1) is 27.3 Å². The second kappa shape index (κ2) is 11.0. The molecule has 1 aliphatic rings. The molecule has 1 amide bonds. The summed E-state index contributed by atoms with van der Waals surface area (Å²) in [7, 11) is -3.97. The monoisotopic (exact) mass is 492 g/mol. The quantitative estimate of drug-likeness (QED) is 0.382. The van der Waals surface area contributed by atoms with Crippen molar-refractivity contribution in [3.63, 3.8) is 0 Å². The van der Waals surface area contributed by atoms with Gasteiger partial charge < -0.3 is 14.4 Å². The van der Waals surface area contributed by atoms with E-state index in [2.05, 4.69) is 0 Å². The van der Waals surface area contributed by atoms with Gasteiger partial charge in [-0.2, -0.15) is 9.57 Å². The van der Waals surface area contributed by atoms with Crippen molar-refractivity contribution in [1.82, 2.24) is 4.31 Å². The number of carbonyl (C=O) groups excluding carboxylic acids is 1. The van der Waals surface area contributed by atoms with E-state index in [0.717, 1.165) is 24.3 Å². The molecule has 1 fully saturated rings. The third kappa shape index (κ3) is 5.84. The number of rotatable bonds is 9. The van der Waals surface area contributed by atoms with Gasteiger partial charge in [0.05, 0.1) is 35.5 Å². The van der Waals surface area contributed by atoms with Crippen LogP contribution in [0.4, 0.5) is 15.8 Å². The van der Waals surface area contributed by atoms with E-state index < -0.39 is 39.0 Å². The Morgan fingerprint density at radius 2 is 1.91 bits per heavy atom. The Labute approximate surface area is 195 Å². The zero-order chi connectivity index (χ0) is 24.7. The number of amides is 1. The minimum atomic E-state index is -3.97. The Bertz CT molecular complexity index is 1190. The molecule has 11 nitrogen and oxygen atoms in total. The summed E-state index contributed by atoms with van der Waals surface area (Å²) in [6.45, 7) is 0.0833. The summed E-state index contributed by atoms with van der Waals surface area (Å²) in [4.78, 5) is 24.4. The summed E-state index contributed by atoms with van der Waals surface area (Å²) in [5.74, 6) is -1.42. The van der Waals surface area contributed by atoms with Gasteiger partial charge in [0.15, 0.2) is 12.4 Å². The van der Waals surface area contributed by atoms with Gasteiger partial charge in [-0.25, -0.2) is 12.8 Å². The van der Waals surface area contributed by atoms with Crippen LogP contribution in [0.25, 0.3) is 0 Å². The second-order valence-corrected chi connectivity index (χ2v) is 9.06. The van der Waals surface area contributed by atoms with Crippen molar-refractivity contribution < 1.29 is 32.0 Å². The number of nitrogens with zero attached hydrogens (tertiary/aromatic N) is 4. The minimum Gasteiger partial charge on any atom is -0.477 e. The molecular formula is C21H21FN4O7S. The van der Waals surface area contributed by atoms with Crippen LogP contribution >= 0.6 is 0 Å². The molecule has 0 radical (unpaired) electrons. The lowest BCUT2D eigenvalue weighted by Crippen LogP contribution is -2.40. The number of nitro benzene ring substituents is 1. The number of carbonyl (C=O) groups is 1. The average Bonchev–Trinajstić information content (AvgIpc) is 2.84. The van der Waals surface area contributed by atoms with E-state index >= 15 is 0 Å². The smallest absolute Gasteiger partial charge is 0.312 e. The molecule has 0 aromatic heterocycles. The van der Waals surface area contributed by atoms with Gasteiger partial charge in [-0.1, -0.05) is 0 Å². The fraction of sp³-hybridized carbons (Fsp3) is 0.333. The molecule has 13 heteroatoms. The van der Waals surface area contributed by atoms with Crippen LogP contribution in [-0.2, 0) is 19.6 Å². The Morgan fingerprint density at radius 3 is 2.53 bits per heavy atom. The van der Waals surface area contributed by atoms with Gasteiger partial charge in [0.25, 0.3) is 5.91 Å². The fourth-order valence-electron chi connectivity index (χ4n) is 3.26. The van der Waals surface area contributed by atoms with E-state index in [1.807, 2.05) is 6.07 Å². The summed E-state index contributed by atoms with van der Waals surface area (Å²) in [6, 6.07) is 10.1. The average molecular weight is 492 g/mol. The highest BCUT2D eigenvalue weighted by Crippen LogP contribution is 2.31. The minimum absolute atomic E-state index is 0.00262. The van der Waals surface area contributed by atoms with E-state index in [-0.39, 0.29) is 49.9 Å². The number of halogens is 1. The number of hydrogen-bond acceptors (Lipinski definition) is 8. The normalized spacial score (nSPS) is 14.2. The second-order valence-electron chi connectivity index (χ2n) is 7.12. The van der Waals surface area contributed by atoms with Crippen LogP contribution in [0.5, 0.6) is 5.75 Å². The number of ether oxygens (including phenoxy) is 2. The van der Waals surface area contributed by atoms with Crippen LogP contribution in [0.15, 0.2) is 47.4 Å². The van der Waals surface area contributed by atoms with E-state index in [1.54, 1.807) is 0 Å². The van der Waals surface area contributed by atoms with Crippen LogP contribution in [0.2, 0.25) is 0 Å². The fourth-order valence-corrected chi connectivity index (χ4v) is 4.68. The lowest BCUT2D eigenvalue weighted by atomic mass is 10.2. The molecule has 0 saturated carbocycles. The van der Waals surface area contributed by atoms with Crippen LogP contribution < -0.4 is 9.64 Å². The van der Waals surface area contributed by atoms with Crippen molar-refractivity contribution in [2.75, 3.05) is 44.4 Å². The molecule has 1 aliphatic heterocycles. The summed E-state index contributed by atoms with van der Waals surface area (Å²) in [6.07, 6.45) is -0.00262. The Morgan fingerprint density at radius 1 is 1.24 bits per heavy atom. The number of benzene rings is 2. The number of anilines is 1. The third-order valence-electron chi connectivity index (χ3n) is 4.97. The van der Waals surface area contributed by atoms with Crippen molar-refractivity contribution in [3.8, 4) is 11.8 Å². The molecule has 1 saturated heterocycles. The molecule has 2 aromatic carbocycles. The van der Waals surface area contributed by atoms with Crippen molar-refractivity contribution in [2.24, 2.45) is 0 Å². The topological polar surface area (TPSA) is 143 Å². The predicted octanol–water partition coefficient (Wildman–Crippen LogP) is 2.08. The first kappa shape index (κ1) is 25.0. The first-order valence-electron chi connectivity index (χ1n) is 10.2. The first-order valence-corrected chi connectivity index (χ1v) is 11.6. The van der Waals surface area contributed by atoms with Gasteiger partial charge in [0.1, 0.15) is 5.82 Å². The zero-order valence-electron chi connectivity index (χ0n) is 17.9. The van der Waals surface area contributed by atoms with Crippen LogP contribution in [0.3, 0.4) is 0 Å². The maximum Gasteiger partial charge on any atom is 0.312 e. The van der Waals surface area contributed by atoms with E-state index in [4.69, 9.17) is 14.7 Å². The molecule has 2 aromatic rings. The Hall–Kier alpha value is -3.60. The Balaban J connectivity index is 1.80. The zero-order valence-corrected chi connectivity index (χ0v) is 18.7. The van der Waals surface area contributed by atoms with E-state index in [1.165, 1.54) is 27.4 Å². The molecule has 1 heterocycles. The summed E-state index contributed by atoms with van der Waals surface area (Å²) < 4.78 is 50.5. The molecular weight excluding hydrogens is 471 g/mol. The molecule has 0 spiro atoms. The predicted molar refractivity (Wildman–Crippen MR) is 117 cm³/mol. The highest BCUT2D eigenvalue weighted by molar-refractivity contribution is 7.89. The Kier molecular flexibility index (Phi) is 8.11. The van der Waals surface area contributed by atoms with E-state index in [9.17, 15) is 27.7 Å². The third-order valence-corrected chi connectivity index (χ3v) is 6.87. The lowest BCUT2D eigenvalue weighted by molar-refractivity contribution is -0.386. The molecule has 0 N–H and O–H groups in total. The molecule has 3 rings (SSSR count). The van der Waals surface area contributed by atoms with Crippen LogP contribution in [0.1, 0.15) is 6.42 Å². The molecule has 34 heavy (non-hydrogen) atoms. The molecule has 0 unspecified atom stereocenters. The van der Waals surface area contributed by atoms with Gasteiger partial charge in [0, 0.05) is 31.4 Å². The molecule has 0 aliphatic carbocycles. The van der Waals surface area contributed by atoms with Crippen molar-refractivity contribution >= 4 is 27.3 Å². The summed E-state index contributed by atoms with van der Waals surface area (Å²) in [5.41, 5.74) is -0.292. The maximum absolute atomic E-state index is 13.2. The first-order chi connectivity index (χ1) is 16.2. The number of hydrogen-bond donors (Lipinski definition) is 0. The highest BCUT2D eigenvalue weighted by Gasteiger charge is 2.29. The largest absolute Gasteiger partial charge is 0.477 e. The van der Waals surface area contributed by atoms with Gasteiger partial charge in [-0.05, 0) is 36.4 Å². The maximum atomic E-state index is 13.2. The van der Waals surface area contributed by atoms with Crippen molar-refractivity contribution in [2.45, 2.75) is 11.3 Å². The molecule has 0 atom stereocenters. The number of sulfonamides is 1. The number of nitriles is 1. The van der Waals surface area contributed by atoms with Gasteiger partial charge in [0.2, 0.25) is 10.0 Å². The van der Waals surface area contributed by atoms with E-state index in [0.29, 0.717) is 5.69 Å². The van der Waals surface area contributed by atoms with Gasteiger partial charge in [-0.3, -0.25) is 14.9 Å². The summed E-state index contributed by atoms with van der Waals surface area (Å²) in [5, 5.41) is 20.4. The standard InChI is InChI=1S/C21H21FN4O7S/c22-16-2-4-17(5-3-16)25(9-1-8-23)21(27)15-33-20-7-6-18(14-19(20)26(28)29)34(30,31)24-10-12-32-13-11-24/h2-7,14H,1,9-13,15H2. The number of nitro groups is 1. The lowest BCUT2D eigenvalue weighted by Gasteiger charge is -2.26. The van der Waals surface area contributed by atoms with Gasteiger partial charge >= 0.3 is 5.69 Å². The highest BCUT2D eigenvalue weighted by atomic mass is 32.2. The van der Waals surface area contributed by atoms with Crippen molar-refractivity contribution in [3.05, 3.63) is 58.4 Å². The van der Waals surface area contributed by atoms with Gasteiger partial charge in [-0.15, -0.1) is 0 Å². The molecule has 180 valence electrons. The molecule has 0 bridgehead atoms. The van der Waals surface area contributed by atoms with Crippen molar-refractivity contribution in [1.29, 1.82) is 5.26 Å². The SMILES string of the molecule is N#CCCN(C(=O)COc1ccc(S(=O)(=O)N2CCOCC2)cc1[N+](=O)[O-])c1ccc(F)cc1. The number of morpholine rings is 1. The summed E-state index contributed by atoms with van der Waals surface area (Å²) >= 11 is 0.